The largest absolute Gasteiger partial charge is 0.872 e. The van der Waals surface area contributed by atoms with Crippen LogP contribution in [0.1, 0.15) is 0 Å². The molecule has 1 aromatic heterocycles. The zero-order valence-electron chi connectivity index (χ0n) is 6.97. The third-order valence-electron chi connectivity index (χ3n) is 1.83. The zero-order chi connectivity index (χ0) is 9.10. The van der Waals surface area contributed by atoms with E-state index < -0.39 is 0 Å². The van der Waals surface area contributed by atoms with Crippen LogP contribution in [0.3, 0.4) is 0 Å². The van der Waals surface area contributed by atoms with Crippen molar-refractivity contribution in [2.45, 2.75) is 0 Å². The van der Waals surface area contributed by atoms with Crippen LogP contribution in [0, 0.1) is 0 Å². The lowest BCUT2D eigenvalue weighted by atomic mass is 10.1. The number of hydrogen-bond acceptors (Lipinski definition) is 2. The SMILES string of the molecule is [O-]c1ccccc1-c1ccccn1. The molecular formula is C11H8NO-. The van der Waals surface area contributed by atoms with E-state index >= 15 is 0 Å². The van der Waals surface area contributed by atoms with Gasteiger partial charge in [-0.1, -0.05) is 36.1 Å². The van der Waals surface area contributed by atoms with Crippen LogP contribution in [0.2, 0.25) is 0 Å². The quantitative estimate of drug-likeness (QED) is 0.654. The molecule has 0 aliphatic rings. The fourth-order valence-electron chi connectivity index (χ4n) is 1.20. The Balaban J connectivity index is 2.54. The topological polar surface area (TPSA) is 36.0 Å². The highest BCUT2D eigenvalue weighted by molar-refractivity contribution is 5.65. The first-order valence-corrected chi connectivity index (χ1v) is 4.05. The predicted molar refractivity (Wildman–Crippen MR) is 49.1 cm³/mol. The van der Waals surface area contributed by atoms with Gasteiger partial charge >= 0.3 is 0 Å². The van der Waals surface area contributed by atoms with Crippen LogP contribution < -0.4 is 5.11 Å². The first kappa shape index (κ1) is 7.80. The molecule has 0 spiro atoms. The van der Waals surface area contributed by atoms with Gasteiger partial charge < -0.3 is 5.11 Å². The van der Waals surface area contributed by atoms with E-state index in [0.717, 1.165) is 5.69 Å². The highest BCUT2D eigenvalue weighted by Gasteiger charge is 1.96. The smallest absolute Gasteiger partial charge is 0.0695 e. The predicted octanol–water partition coefficient (Wildman–Crippen LogP) is 1.82. The van der Waals surface area contributed by atoms with E-state index in [2.05, 4.69) is 4.98 Å². The molecule has 0 bridgehead atoms. The molecule has 0 aliphatic carbocycles. The fraction of sp³-hybridized carbons (Fsp3) is 0. The van der Waals surface area contributed by atoms with E-state index in [1.807, 2.05) is 24.3 Å². The van der Waals surface area contributed by atoms with Crippen molar-refractivity contribution in [1.29, 1.82) is 0 Å². The summed E-state index contributed by atoms with van der Waals surface area (Å²) < 4.78 is 0. The maximum atomic E-state index is 11.4. The van der Waals surface area contributed by atoms with E-state index in [1.165, 1.54) is 0 Å². The first-order valence-electron chi connectivity index (χ1n) is 4.05. The second-order valence-corrected chi connectivity index (χ2v) is 2.71. The zero-order valence-corrected chi connectivity index (χ0v) is 6.97. The van der Waals surface area contributed by atoms with Gasteiger partial charge in [0.15, 0.2) is 0 Å². The molecule has 2 rings (SSSR count). The normalized spacial score (nSPS) is 9.85. The third kappa shape index (κ3) is 1.51. The van der Waals surface area contributed by atoms with Crippen molar-refractivity contribution in [3.8, 4) is 17.0 Å². The summed E-state index contributed by atoms with van der Waals surface area (Å²) in [4.78, 5) is 4.11. The second-order valence-electron chi connectivity index (χ2n) is 2.71. The van der Waals surface area contributed by atoms with E-state index in [9.17, 15) is 5.11 Å². The Kier molecular flexibility index (Phi) is 1.96. The maximum absolute atomic E-state index is 11.4. The van der Waals surface area contributed by atoms with Gasteiger partial charge in [-0.25, -0.2) is 0 Å². The molecule has 0 fully saturated rings. The van der Waals surface area contributed by atoms with Crippen molar-refractivity contribution >= 4 is 0 Å². The van der Waals surface area contributed by atoms with Gasteiger partial charge in [-0.15, -0.1) is 0 Å². The van der Waals surface area contributed by atoms with Crippen molar-refractivity contribution in [3.05, 3.63) is 48.7 Å². The molecule has 13 heavy (non-hydrogen) atoms. The van der Waals surface area contributed by atoms with Crippen LogP contribution in [0.25, 0.3) is 11.3 Å². The molecule has 0 radical (unpaired) electrons. The van der Waals surface area contributed by atoms with Crippen molar-refractivity contribution in [1.82, 2.24) is 4.98 Å². The maximum Gasteiger partial charge on any atom is 0.0695 e. The molecule has 0 N–H and O–H groups in total. The molecular weight excluding hydrogens is 162 g/mol. The van der Waals surface area contributed by atoms with Gasteiger partial charge in [-0.2, -0.15) is 0 Å². The molecule has 0 unspecified atom stereocenters. The second kappa shape index (κ2) is 3.27. The highest BCUT2D eigenvalue weighted by atomic mass is 16.3. The van der Waals surface area contributed by atoms with Crippen LogP contribution in [0.4, 0.5) is 0 Å². The summed E-state index contributed by atoms with van der Waals surface area (Å²) in [5.41, 5.74) is 1.39. The van der Waals surface area contributed by atoms with Crippen molar-refractivity contribution in [3.63, 3.8) is 0 Å². The minimum Gasteiger partial charge on any atom is -0.872 e. The van der Waals surface area contributed by atoms with Gasteiger partial charge in [0, 0.05) is 6.20 Å². The van der Waals surface area contributed by atoms with Crippen molar-refractivity contribution < 1.29 is 5.11 Å². The minimum atomic E-state index is 0.0150. The molecule has 2 nitrogen and oxygen atoms in total. The molecule has 2 aromatic rings. The molecule has 1 heterocycles. The molecule has 0 atom stereocenters. The standard InChI is InChI=1S/C11H9NO/c13-11-7-2-1-5-9(11)10-6-3-4-8-12-10/h1-8,13H/p-1. The van der Waals surface area contributed by atoms with Crippen LogP contribution in [0.5, 0.6) is 5.75 Å². The number of hydrogen-bond donors (Lipinski definition) is 0. The van der Waals surface area contributed by atoms with Gasteiger partial charge in [0.25, 0.3) is 0 Å². The molecule has 0 amide bonds. The van der Waals surface area contributed by atoms with Crippen molar-refractivity contribution in [2.75, 3.05) is 0 Å². The van der Waals surface area contributed by atoms with Gasteiger partial charge in [0.1, 0.15) is 0 Å². The lowest BCUT2D eigenvalue weighted by Gasteiger charge is -2.11. The Morgan fingerprint density at radius 3 is 2.38 bits per heavy atom. The first-order chi connectivity index (χ1) is 6.38. The Morgan fingerprint density at radius 1 is 0.923 bits per heavy atom. The van der Waals surface area contributed by atoms with Gasteiger partial charge in [-0.05, 0) is 17.7 Å². The van der Waals surface area contributed by atoms with Crippen LogP contribution in [-0.4, -0.2) is 4.98 Å². The number of para-hydroxylation sites is 1. The summed E-state index contributed by atoms with van der Waals surface area (Å²) in [6.45, 7) is 0. The van der Waals surface area contributed by atoms with E-state index in [4.69, 9.17) is 0 Å². The highest BCUT2D eigenvalue weighted by Crippen LogP contribution is 2.23. The summed E-state index contributed by atoms with van der Waals surface area (Å²) in [7, 11) is 0. The van der Waals surface area contributed by atoms with E-state index in [-0.39, 0.29) is 5.75 Å². The Hall–Kier alpha value is -1.83. The summed E-state index contributed by atoms with van der Waals surface area (Å²) in [6.07, 6.45) is 1.68. The lowest BCUT2D eigenvalue weighted by Crippen LogP contribution is -1.93. The summed E-state index contributed by atoms with van der Waals surface area (Å²) in [5.74, 6) is 0.0150. The van der Waals surface area contributed by atoms with E-state index in [1.54, 1.807) is 24.4 Å². The molecule has 0 aliphatic heterocycles. The Labute approximate surface area is 76.5 Å². The van der Waals surface area contributed by atoms with Crippen molar-refractivity contribution in [2.24, 2.45) is 0 Å². The Morgan fingerprint density at radius 2 is 1.69 bits per heavy atom. The number of benzene rings is 1. The number of pyridine rings is 1. The number of rotatable bonds is 1. The third-order valence-corrected chi connectivity index (χ3v) is 1.83. The van der Waals surface area contributed by atoms with Crippen LogP contribution in [0.15, 0.2) is 48.7 Å². The number of nitrogens with zero attached hydrogens (tertiary/aromatic N) is 1. The van der Waals surface area contributed by atoms with Gasteiger partial charge in [0.05, 0.1) is 5.69 Å². The average molecular weight is 170 g/mol. The summed E-state index contributed by atoms with van der Waals surface area (Å²) >= 11 is 0. The summed E-state index contributed by atoms with van der Waals surface area (Å²) in [6, 6.07) is 12.4. The monoisotopic (exact) mass is 170 g/mol. The summed E-state index contributed by atoms with van der Waals surface area (Å²) in [5, 5.41) is 11.4. The molecule has 1 aromatic carbocycles. The van der Waals surface area contributed by atoms with E-state index in [0.29, 0.717) is 5.56 Å². The average Bonchev–Trinajstić information content (AvgIpc) is 2.20. The van der Waals surface area contributed by atoms with Crippen LogP contribution >= 0.6 is 0 Å². The molecule has 2 heteroatoms. The lowest BCUT2D eigenvalue weighted by molar-refractivity contribution is -0.267. The fourth-order valence-corrected chi connectivity index (χ4v) is 1.20. The van der Waals surface area contributed by atoms with Gasteiger partial charge in [-0.3, -0.25) is 4.98 Å². The number of aromatic nitrogens is 1. The van der Waals surface area contributed by atoms with Crippen LogP contribution in [-0.2, 0) is 0 Å². The molecule has 0 saturated heterocycles. The minimum absolute atomic E-state index is 0.0150. The molecule has 0 saturated carbocycles. The van der Waals surface area contributed by atoms with Gasteiger partial charge in [0.2, 0.25) is 0 Å². The Bertz CT molecular complexity index is 398. The molecule has 64 valence electrons.